The monoisotopic (exact) mass is 495 g/mol. The van der Waals surface area contributed by atoms with Crippen molar-refractivity contribution < 1.29 is 28.6 Å². The van der Waals surface area contributed by atoms with Crippen LogP contribution in [-0.4, -0.2) is 37.5 Å². The summed E-state index contributed by atoms with van der Waals surface area (Å²) in [6.07, 6.45) is 6.44. The number of methoxy groups -OCH3 is 1. The predicted molar refractivity (Wildman–Crippen MR) is 135 cm³/mol. The Bertz CT molecular complexity index is 1080. The lowest BCUT2D eigenvalue weighted by atomic mass is 9.69. The van der Waals surface area contributed by atoms with Gasteiger partial charge in [-0.25, -0.2) is 4.79 Å². The van der Waals surface area contributed by atoms with Crippen molar-refractivity contribution in [3.05, 3.63) is 52.4 Å². The van der Waals surface area contributed by atoms with Crippen molar-refractivity contribution in [2.24, 2.45) is 11.8 Å². The van der Waals surface area contributed by atoms with E-state index in [0.717, 1.165) is 44.2 Å². The van der Waals surface area contributed by atoms with Gasteiger partial charge in [0.1, 0.15) is 17.8 Å². The third kappa shape index (κ3) is 5.06. The predicted octanol–water partition coefficient (Wildman–Crippen LogP) is 4.96. The molecule has 1 aromatic rings. The molecule has 1 N–H and O–H groups in total. The van der Waals surface area contributed by atoms with Gasteiger partial charge in [0, 0.05) is 22.5 Å². The number of dihydropyridines is 1. The Hall–Kier alpha value is -3.09. The van der Waals surface area contributed by atoms with Crippen LogP contribution in [0, 0.1) is 11.8 Å². The van der Waals surface area contributed by atoms with E-state index in [-0.39, 0.29) is 17.8 Å². The summed E-state index contributed by atoms with van der Waals surface area (Å²) in [7, 11) is 1.30. The first-order chi connectivity index (χ1) is 17.4. The number of carbonyl (C=O) groups is 3. The van der Waals surface area contributed by atoms with Gasteiger partial charge in [-0.15, -0.1) is 0 Å². The summed E-state index contributed by atoms with van der Waals surface area (Å²) in [6, 6.07) is 7.47. The molecule has 2 aliphatic carbocycles. The SMILES string of the molecule is CCOc1ccccc1[C@@H]1C(C(=O)OC2CCCCCC2)=C(C)NC2=C1C(=O)[C@@H](C(=O)OC)[C@H](C)C2. The summed E-state index contributed by atoms with van der Waals surface area (Å²) in [5, 5.41) is 3.33. The van der Waals surface area contributed by atoms with Crippen LogP contribution in [0.15, 0.2) is 46.8 Å². The molecule has 0 radical (unpaired) electrons. The second-order valence-corrected chi connectivity index (χ2v) is 10.0. The van der Waals surface area contributed by atoms with E-state index in [1.165, 1.54) is 7.11 Å². The van der Waals surface area contributed by atoms with E-state index in [1.807, 2.05) is 45.0 Å². The summed E-state index contributed by atoms with van der Waals surface area (Å²) in [5.41, 5.74) is 2.95. The van der Waals surface area contributed by atoms with Crippen molar-refractivity contribution in [2.45, 2.75) is 77.7 Å². The quantitative estimate of drug-likeness (QED) is 0.339. The zero-order chi connectivity index (χ0) is 25.8. The number of hydrogen-bond donors (Lipinski definition) is 1. The van der Waals surface area contributed by atoms with Crippen molar-refractivity contribution in [1.82, 2.24) is 5.32 Å². The second kappa shape index (κ2) is 11.3. The highest BCUT2D eigenvalue weighted by atomic mass is 16.5. The van der Waals surface area contributed by atoms with Gasteiger partial charge in [-0.3, -0.25) is 9.59 Å². The van der Waals surface area contributed by atoms with Gasteiger partial charge in [0.25, 0.3) is 0 Å². The molecular formula is C29H37NO6. The normalized spacial score (nSPS) is 25.0. The molecule has 7 nitrogen and oxygen atoms in total. The minimum atomic E-state index is -0.921. The molecule has 194 valence electrons. The highest BCUT2D eigenvalue weighted by molar-refractivity contribution is 6.12. The molecule has 1 aromatic carbocycles. The van der Waals surface area contributed by atoms with Gasteiger partial charge in [-0.1, -0.05) is 38.0 Å². The lowest BCUT2D eigenvalue weighted by Gasteiger charge is -2.38. The van der Waals surface area contributed by atoms with E-state index in [0.29, 0.717) is 41.2 Å². The van der Waals surface area contributed by atoms with Crippen LogP contribution in [0.25, 0.3) is 0 Å². The topological polar surface area (TPSA) is 90.9 Å². The van der Waals surface area contributed by atoms with Crippen LogP contribution in [0.2, 0.25) is 0 Å². The van der Waals surface area contributed by atoms with Gasteiger partial charge in [0.2, 0.25) is 0 Å². The van der Waals surface area contributed by atoms with Crippen LogP contribution in [0.4, 0.5) is 0 Å². The number of carbonyl (C=O) groups excluding carboxylic acids is 3. The molecule has 0 saturated heterocycles. The molecule has 0 amide bonds. The molecule has 0 unspecified atom stereocenters. The number of hydrogen-bond acceptors (Lipinski definition) is 7. The van der Waals surface area contributed by atoms with Gasteiger partial charge in [-0.2, -0.15) is 0 Å². The Morgan fingerprint density at radius 1 is 1.08 bits per heavy atom. The maximum atomic E-state index is 13.9. The number of ketones is 1. The molecule has 1 saturated carbocycles. The minimum absolute atomic E-state index is 0.136. The summed E-state index contributed by atoms with van der Waals surface area (Å²) < 4.78 is 17.0. The molecule has 3 atom stereocenters. The highest BCUT2D eigenvalue weighted by Gasteiger charge is 2.48. The highest BCUT2D eigenvalue weighted by Crippen LogP contribution is 2.47. The fourth-order valence-corrected chi connectivity index (χ4v) is 5.84. The van der Waals surface area contributed by atoms with Crippen molar-refractivity contribution in [3.8, 4) is 5.75 Å². The molecule has 36 heavy (non-hydrogen) atoms. The van der Waals surface area contributed by atoms with Crippen molar-refractivity contribution in [1.29, 1.82) is 0 Å². The number of ether oxygens (including phenoxy) is 3. The minimum Gasteiger partial charge on any atom is -0.494 e. The molecule has 0 spiro atoms. The third-order valence-corrected chi connectivity index (χ3v) is 7.57. The average Bonchev–Trinajstić information content (AvgIpc) is 3.12. The zero-order valence-electron chi connectivity index (χ0n) is 21.7. The number of nitrogens with one attached hydrogen (secondary N) is 1. The van der Waals surface area contributed by atoms with Crippen LogP contribution in [0.5, 0.6) is 5.75 Å². The molecule has 7 heteroatoms. The number of rotatable bonds is 6. The lowest BCUT2D eigenvalue weighted by Crippen LogP contribution is -2.43. The average molecular weight is 496 g/mol. The van der Waals surface area contributed by atoms with Crippen LogP contribution >= 0.6 is 0 Å². The van der Waals surface area contributed by atoms with Crippen LogP contribution in [0.3, 0.4) is 0 Å². The first-order valence-electron chi connectivity index (χ1n) is 13.1. The van der Waals surface area contributed by atoms with Crippen LogP contribution in [0.1, 0.15) is 77.2 Å². The first-order valence-corrected chi connectivity index (χ1v) is 13.1. The van der Waals surface area contributed by atoms with Gasteiger partial charge in [-0.05, 0) is 57.9 Å². The lowest BCUT2D eigenvalue weighted by molar-refractivity contribution is -0.151. The molecular weight excluding hydrogens is 458 g/mol. The summed E-state index contributed by atoms with van der Waals surface area (Å²) in [4.78, 5) is 40.3. The molecule has 4 rings (SSSR count). The Labute approximate surface area is 213 Å². The zero-order valence-corrected chi connectivity index (χ0v) is 21.7. The van der Waals surface area contributed by atoms with Gasteiger partial charge in [0.05, 0.1) is 25.2 Å². The molecule has 1 fully saturated rings. The maximum Gasteiger partial charge on any atom is 0.337 e. The Morgan fingerprint density at radius 2 is 1.78 bits per heavy atom. The number of esters is 2. The van der Waals surface area contributed by atoms with Crippen molar-refractivity contribution in [3.63, 3.8) is 0 Å². The molecule has 3 aliphatic rings. The standard InChI is InChI=1S/C29H37NO6/c1-5-35-22-15-11-10-14-20(22)25-24(29(33)36-19-12-8-6-7-9-13-19)18(3)30-21-16-17(2)23(28(32)34-4)27(31)26(21)25/h10-11,14-15,17,19,23,25,30H,5-9,12-13,16H2,1-4H3/t17-,23+,25-/m1/s1. The Morgan fingerprint density at radius 3 is 2.44 bits per heavy atom. The van der Waals surface area contributed by atoms with Gasteiger partial charge in [0.15, 0.2) is 5.78 Å². The summed E-state index contributed by atoms with van der Waals surface area (Å²) >= 11 is 0. The molecule has 0 aromatic heterocycles. The fourth-order valence-electron chi connectivity index (χ4n) is 5.84. The van der Waals surface area contributed by atoms with E-state index in [2.05, 4.69) is 5.32 Å². The summed E-state index contributed by atoms with van der Waals surface area (Å²) in [6.45, 7) is 6.06. The largest absolute Gasteiger partial charge is 0.494 e. The van der Waals surface area contributed by atoms with Crippen LogP contribution < -0.4 is 10.1 Å². The van der Waals surface area contributed by atoms with E-state index in [1.54, 1.807) is 0 Å². The van der Waals surface area contributed by atoms with E-state index >= 15 is 0 Å². The van der Waals surface area contributed by atoms with Crippen molar-refractivity contribution >= 4 is 17.7 Å². The number of benzene rings is 1. The fraction of sp³-hybridized carbons (Fsp3) is 0.552. The number of allylic oxidation sites excluding steroid dienone is 3. The second-order valence-electron chi connectivity index (χ2n) is 10.0. The number of Topliss-reactive ketones (excluding diaryl/α,β-unsaturated/α-hetero) is 1. The molecule has 0 bridgehead atoms. The first kappa shape index (κ1) is 26.0. The van der Waals surface area contributed by atoms with Gasteiger partial charge < -0.3 is 19.5 Å². The summed E-state index contributed by atoms with van der Waals surface area (Å²) in [5.74, 6) is -2.53. The Balaban J connectivity index is 1.81. The number of para-hydroxylation sites is 1. The molecule has 1 heterocycles. The van der Waals surface area contributed by atoms with Crippen LogP contribution in [-0.2, 0) is 23.9 Å². The van der Waals surface area contributed by atoms with Crippen molar-refractivity contribution in [2.75, 3.05) is 13.7 Å². The maximum absolute atomic E-state index is 13.9. The smallest absolute Gasteiger partial charge is 0.337 e. The van der Waals surface area contributed by atoms with E-state index < -0.39 is 23.8 Å². The Kier molecular flexibility index (Phi) is 8.17. The third-order valence-electron chi connectivity index (χ3n) is 7.57. The molecule has 1 aliphatic heterocycles. The van der Waals surface area contributed by atoms with Gasteiger partial charge >= 0.3 is 11.9 Å². The van der Waals surface area contributed by atoms with E-state index in [9.17, 15) is 14.4 Å². The van der Waals surface area contributed by atoms with E-state index in [4.69, 9.17) is 14.2 Å².